The Labute approximate surface area is 175 Å². The predicted molar refractivity (Wildman–Crippen MR) is 115 cm³/mol. The van der Waals surface area contributed by atoms with Crippen molar-refractivity contribution in [1.29, 1.82) is 0 Å². The quantitative estimate of drug-likeness (QED) is 0.308. The number of hydrogen-bond acceptors (Lipinski definition) is 4. The van der Waals surface area contributed by atoms with E-state index >= 15 is 0 Å². The summed E-state index contributed by atoms with van der Waals surface area (Å²) in [6, 6.07) is 13.9. The molecule has 0 aromatic heterocycles. The van der Waals surface area contributed by atoms with Gasteiger partial charge in [0.1, 0.15) is 5.75 Å². The van der Waals surface area contributed by atoms with Crippen molar-refractivity contribution in [1.82, 2.24) is 0 Å². The van der Waals surface area contributed by atoms with Gasteiger partial charge in [-0.3, -0.25) is 4.79 Å². The highest BCUT2D eigenvalue weighted by Crippen LogP contribution is 2.50. The molecular weight excluding hydrogens is 376 g/mol. The summed E-state index contributed by atoms with van der Waals surface area (Å²) in [5, 5.41) is 0. The predicted octanol–water partition coefficient (Wildman–Crippen LogP) is 5.22. The highest BCUT2D eigenvalue weighted by Gasteiger charge is 2.31. The second-order valence-corrected chi connectivity index (χ2v) is 7.84. The molecule has 0 amide bonds. The fraction of sp³-hybridized carbons (Fsp3) is 0.231. The molecule has 0 N–H and O–H groups in total. The van der Waals surface area contributed by atoms with Gasteiger partial charge in [0.2, 0.25) is 0 Å². The number of rotatable bonds is 4. The molecule has 4 heteroatoms. The maximum absolute atomic E-state index is 12.3. The lowest BCUT2D eigenvalue weighted by atomic mass is 9.95. The Morgan fingerprint density at radius 1 is 0.833 bits per heavy atom. The number of carbonyl (C=O) groups is 2. The van der Waals surface area contributed by atoms with Gasteiger partial charge in [0.05, 0.1) is 19.3 Å². The first-order valence-corrected chi connectivity index (χ1v) is 10.2. The highest BCUT2D eigenvalue weighted by molar-refractivity contribution is 5.98. The van der Waals surface area contributed by atoms with E-state index in [1.165, 1.54) is 16.7 Å². The van der Waals surface area contributed by atoms with Crippen LogP contribution in [-0.4, -0.2) is 25.5 Å². The lowest BCUT2D eigenvalue weighted by Gasteiger charge is -2.14. The van der Waals surface area contributed by atoms with Gasteiger partial charge in [-0.15, -0.1) is 0 Å². The van der Waals surface area contributed by atoms with Crippen LogP contribution in [0.25, 0.3) is 22.3 Å². The van der Waals surface area contributed by atoms with Crippen molar-refractivity contribution in [2.45, 2.75) is 26.7 Å². The van der Waals surface area contributed by atoms with Crippen molar-refractivity contribution in [2.24, 2.45) is 0 Å². The lowest BCUT2D eigenvalue weighted by molar-refractivity contribution is 0.0526. The van der Waals surface area contributed by atoms with Crippen LogP contribution in [0.1, 0.15) is 56.8 Å². The van der Waals surface area contributed by atoms with Crippen LogP contribution in [-0.2, 0) is 17.6 Å². The Kier molecular flexibility index (Phi) is 4.24. The Hall–Kier alpha value is -3.40. The Morgan fingerprint density at radius 3 is 1.93 bits per heavy atom. The third kappa shape index (κ3) is 2.67. The first kappa shape index (κ1) is 18.6. The molecule has 0 saturated carbocycles. The second-order valence-electron chi connectivity index (χ2n) is 7.84. The van der Waals surface area contributed by atoms with Crippen molar-refractivity contribution in [2.75, 3.05) is 13.7 Å². The van der Waals surface area contributed by atoms with Gasteiger partial charge in [-0.2, -0.15) is 0 Å². The molecule has 2 aliphatic rings. The topological polar surface area (TPSA) is 52.6 Å². The molecule has 3 aromatic carbocycles. The Bertz CT molecular complexity index is 1240. The molecule has 0 atom stereocenters. The SMILES string of the molecule is CCOC(=O)c1ccc2c(c1)-c1cc3c(c(OC)c1C2)Cc1ccc(C(C)=O)cc1-3. The summed E-state index contributed by atoms with van der Waals surface area (Å²) in [5.74, 6) is 0.666. The van der Waals surface area contributed by atoms with Gasteiger partial charge in [-0.25, -0.2) is 4.79 Å². The maximum Gasteiger partial charge on any atom is 0.338 e. The fourth-order valence-electron chi connectivity index (χ4n) is 4.73. The van der Waals surface area contributed by atoms with Crippen LogP contribution in [0.3, 0.4) is 0 Å². The van der Waals surface area contributed by atoms with Gasteiger partial charge in [0.25, 0.3) is 0 Å². The maximum atomic E-state index is 12.3. The molecule has 0 bridgehead atoms. The zero-order valence-electron chi connectivity index (χ0n) is 17.3. The van der Waals surface area contributed by atoms with Gasteiger partial charge in [0, 0.05) is 29.5 Å². The van der Waals surface area contributed by atoms with E-state index in [0.717, 1.165) is 46.4 Å². The first-order valence-electron chi connectivity index (χ1n) is 10.2. The number of fused-ring (bicyclic) bond motifs is 6. The van der Waals surface area contributed by atoms with Crippen LogP contribution >= 0.6 is 0 Å². The largest absolute Gasteiger partial charge is 0.496 e. The minimum atomic E-state index is -0.307. The van der Waals surface area contributed by atoms with E-state index in [9.17, 15) is 9.59 Å². The molecule has 0 heterocycles. The summed E-state index contributed by atoms with van der Waals surface area (Å²) < 4.78 is 11.1. The first-order chi connectivity index (χ1) is 14.5. The molecule has 150 valence electrons. The minimum absolute atomic E-state index is 0.0591. The molecule has 0 fully saturated rings. The molecule has 4 nitrogen and oxygen atoms in total. The number of methoxy groups -OCH3 is 1. The van der Waals surface area contributed by atoms with Crippen molar-refractivity contribution in [3.63, 3.8) is 0 Å². The van der Waals surface area contributed by atoms with Crippen LogP contribution in [0.4, 0.5) is 0 Å². The number of carbonyl (C=O) groups excluding carboxylic acids is 2. The van der Waals surface area contributed by atoms with Gasteiger partial charge < -0.3 is 9.47 Å². The van der Waals surface area contributed by atoms with Crippen LogP contribution < -0.4 is 4.74 Å². The van der Waals surface area contributed by atoms with Crippen LogP contribution in [0.15, 0.2) is 42.5 Å². The van der Waals surface area contributed by atoms with E-state index in [-0.39, 0.29) is 11.8 Å². The van der Waals surface area contributed by atoms with Gasteiger partial charge in [-0.1, -0.05) is 18.2 Å². The summed E-state index contributed by atoms with van der Waals surface area (Å²) in [7, 11) is 1.72. The van der Waals surface area contributed by atoms with Crippen LogP contribution in [0.5, 0.6) is 5.75 Å². The Balaban J connectivity index is 1.70. The van der Waals surface area contributed by atoms with Crippen LogP contribution in [0, 0.1) is 0 Å². The summed E-state index contributed by atoms with van der Waals surface area (Å²) >= 11 is 0. The van der Waals surface area contributed by atoms with E-state index in [4.69, 9.17) is 9.47 Å². The zero-order valence-corrected chi connectivity index (χ0v) is 17.3. The molecule has 0 aliphatic heterocycles. The number of esters is 1. The summed E-state index contributed by atoms with van der Waals surface area (Å²) in [6.45, 7) is 3.75. The van der Waals surface area contributed by atoms with E-state index in [1.54, 1.807) is 14.0 Å². The van der Waals surface area contributed by atoms with Crippen molar-refractivity contribution >= 4 is 11.8 Å². The number of benzene rings is 3. The van der Waals surface area contributed by atoms with E-state index in [0.29, 0.717) is 17.7 Å². The van der Waals surface area contributed by atoms with Gasteiger partial charge in [-0.05, 0) is 71.5 Å². The number of hydrogen-bond donors (Lipinski definition) is 0. The highest BCUT2D eigenvalue weighted by atomic mass is 16.5. The minimum Gasteiger partial charge on any atom is -0.496 e. The zero-order chi connectivity index (χ0) is 21.0. The van der Waals surface area contributed by atoms with E-state index in [2.05, 4.69) is 6.07 Å². The smallest absolute Gasteiger partial charge is 0.338 e. The Morgan fingerprint density at radius 2 is 1.40 bits per heavy atom. The van der Waals surface area contributed by atoms with Crippen molar-refractivity contribution in [3.05, 3.63) is 75.8 Å². The molecule has 30 heavy (non-hydrogen) atoms. The molecule has 3 aromatic rings. The second kappa shape index (κ2) is 6.84. The number of ether oxygens (including phenoxy) is 2. The molecular formula is C26H22O4. The molecule has 0 radical (unpaired) electrons. The van der Waals surface area contributed by atoms with Crippen molar-refractivity contribution in [3.8, 4) is 28.0 Å². The fourth-order valence-corrected chi connectivity index (χ4v) is 4.73. The molecule has 0 spiro atoms. The lowest BCUT2D eigenvalue weighted by Crippen LogP contribution is -2.04. The van der Waals surface area contributed by atoms with Crippen molar-refractivity contribution < 1.29 is 19.1 Å². The standard InChI is InChI=1S/C26H22O4/c1-4-30-26(28)18-8-7-17-11-24-22(20(17)12-18)13-21-19-9-15(14(2)27)5-6-16(19)10-23(21)25(24)29-3/h5-9,12-13H,4,10-11H2,1-3H3. The monoisotopic (exact) mass is 398 g/mol. The van der Waals surface area contributed by atoms with Gasteiger partial charge in [0.15, 0.2) is 5.78 Å². The summed E-state index contributed by atoms with van der Waals surface area (Å²) in [5.41, 5.74) is 10.3. The van der Waals surface area contributed by atoms with E-state index < -0.39 is 0 Å². The van der Waals surface area contributed by atoms with Crippen LogP contribution in [0.2, 0.25) is 0 Å². The summed E-state index contributed by atoms with van der Waals surface area (Å²) in [4.78, 5) is 24.2. The number of Topliss-reactive ketones (excluding diaryl/α,β-unsaturated/α-hetero) is 1. The van der Waals surface area contributed by atoms with E-state index in [1.807, 2.05) is 43.3 Å². The molecule has 5 rings (SSSR count). The van der Waals surface area contributed by atoms with Gasteiger partial charge >= 0.3 is 5.97 Å². The third-order valence-electron chi connectivity index (χ3n) is 6.14. The number of ketones is 1. The average Bonchev–Trinajstić information content (AvgIpc) is 3.29. The third-order valence-corrected chi connectivity index (χ3v) is 6.14. The molecule has 2 aliphatic carbocycles. The molecule has 0 saturated heterocycles. The molecule has 0 unspecified atom stereocenters. The summed E-state index contributed by atoms with van der Waals surface area (Å²) in [6.07, 6.45) is 1.57. The average molecular weight is 398 g/mol. The normalized spacial score (nSPS) is 12.6.